The molecule has 0 aliphatic carbocycles. The molecule has 1 aliphatic rings. The third kappa shape index (κ3) is 2.82. The molecule has 4 atom stereocenters. The molecule has 1 fully saturated rings. The standard InChI is InChI=1S/C11H12N2O9/c14-4-7-9(15)10(16)11(22-7)21-6-3-1-2-5(12(17)18)8(6)13(19)20/h1-3,7,9-11,14-16H,4H2/t7-,9-,10+,11+/m0/s1. The molecule has 3 N–H and O–H groups in total. The Labute approximate surface area is 122 Å². The number of benzene rings is 1. The second-order valence-corrected chi connectivity index (χ2v) is 4.46. The van der Waals surface area contributed by atoms with Crippen LogP contribution >= 0.6 is 0 Å². The van der Waals surface area contributed by atoms with Gasteiger partial charge >= 0.3 is 11.4 Å². The van der Waals surface area contributed by atoms with Crippen LogP contribution in [0.2, 0.25) is 0 Å². The zero-order valence-electron chi connectivity index (χ0n) is 10.9. The molecule has 0 amide bonds. The SMILES string of the molecule is O=[N+]([O-])c1cccc(O[C@@H]2O[C@@H](CO)[C@H](O)[C@H]2O)c1[N+](=O)[O-]. The highest BCUT2D eigenvalue weighted by Crippen LogP contribution is 2.38. The highest BCUT2D eigenvalue weighted by molar-refractivity contribution is 5.61. The predicted molar refractivity (Wildman–Crippen MR) is 68.1 cm³/mol. The average Bonchev–Trinajstić information content (AvgIpc) is 2.74. The minimum absolute atomic E-state index is 0.492. The molecule has 0 unspecified atom stereocenters. The van der Waals surface area contributed by atoms with Crippen molar-refractivity contribution in [1.29, 1.82) is 0 Å². The minimum Gasteiger partial charge on any atom is -0.454 e. The van der Waals surface area contributed by atoms with E-state index in [1.807, 2.05) is 0 Å². The summed E-state index contributed by atoms with van der Waals surface area (Å²) in [4.78, 5) is 19.9. The number of nitrogens with zero attached hydrogens (tertiary/aromatic N) is 2. The lowest BCUT2D eigenvalue weighted by Crippen LogP contribution is -2.35. The maximum atomic E-state index is 11.0. The molecule has 2 rings (SSSR count). The van der Waals surface area contributed by atoms with Gasteiger partial charge in [-0.25, -0.2) is 0 Å². The molecule has 1 aliphatic heterocycles. The fourth-order valence-electron chi connectivity index (χ4n) is 2.02. The van der Waals surface area contributed by atoms with E-state index in [0.717, 1.165) is 12.1 Å². The summed E-state index contributed by atoms with van der Waals surface area (Å²) in [6, 6.07) is 3.20. The van der Waals surface area contributed by atoms with E-state index in [1.165, 1.54) is 6.07 Å². The summed E-state index contributed by atoms with van der Waals surface area (Å²) in [6.45, 7) is -0.602. The van der Waals surface area contributed by atoms with Crippen LogP contribution in [0, 0.1) is 20.2 Å². The Morgan fingerprint density at radius 2 is 1.86 bits per heavy atom. The number of hydrogen-bond donors (Lipinski definition) is 3. The van der Waals surface area contributed by atoms with Crippen LogP contribution < -0.4 is 4.74 Å². The van der Waals surface area contributed by atoms with Gasteiger partial charge in [0.2, 0.25) is 12.0 Å². The molecule has 22 heavy (non-hydrogen) atoms. The van der Waals surface area contributed by atoms with Gasteiger partial charge in [0.25, 0.3) is 0 Å². The number of para-hydroxylation sites is 1. The molecule has 1 aromatic rings. The van der Waals surface area contributed by atoms with Gasteiger partial charge in [-0.2, -0.15) is 0 Å². The fourth-order valence-corrected chi connectivity index (χ4v) is 2.02. The number of ether oxygens (including phenoxy) is 2. The second-order valence-electron chi connectivity index (χ2n) is 4.46. The van der Waals surface area contributed by atoms with Crippen LogP contribution in [0.5, 0.6) is 5.75 Å². The van der Waals surface area contributed by atoms with Gasteiger partial charge in [0.15, 0.2) is 0 Å². The van der Waals surface area contributed by atoms with Gasteiger partial charge in [-0.05, 0) is 6.07 Å². The van der Waals surface area contributed by atoms with Crippen molar-refractivity contribution in [3.05, 3.63) is 38.4 Å². The van der Waals surface area contributed by atoms with E-state index < -0.39 is 58.2 Å². The zero-order valence-corrected chi connectivity index (χ0v) is 10.9. The summed E-state index contributed by atoms with van der Waals surface area (Å²) < 4.78 is 10.1. The molecule has 0 spiro atoms. The second kappa shape index (κ2) is 6.19. The first-order valence-electron chi connectivity index (χ1n) is 6.07. The lowest BCUT2D eigenvalue weighted by atomic mass is 10.1. The third-order valence-electron chi connectivity index (χ3n) is 3.10. The van der Waals surface area contributed by atoms with Crippen LogP contribution in [0.3, 0.4) is 0 Å². The minimum atomic E-state index is -1.57. The van der Waals surface area contributed by atoms with Gasteiger partial charge in [-0.1, -0.05) is 6.07 Å². The summed E-state index contributed by atoms with van der Waals surface area (Å²) in [5.41, 5.74) is -1.68. The molecule has 1 aromatic carbocycles. The predicted octanol–water partition coefficient (Wildman–Crippen LogP) is -0.679. The van der Waals surface area contributed by atoms with Gasteiger partial charge in [0.1, 0.15) is 18.3 Å². The maximum absolute atomic E-state index is 11.0. The Balaban J connectivity index is 2.32. The van der Waals surface area contributed by atoms with E-state index in [9.17, 15) is 30.4 Å². The van der Waals surface area contributed by atoms with E-state index >= 15 is 0 Å². The normalized spacial score (nSPS) is 27.6. The van der Waals surface area contributed by atoms with Crippen molar-refractivity contribution < 1.29 is 34.6 Å². The molecular formula is C11H12N2O9. The van der Waals surface area contributed by atoms with Gasteiger partial charge in [0, 0.05) is 6.07 Å². The number of aliphatic hydroxyl groups is 3. The third-order valence-corrected chi connectivity index (χ3v) is 3.10. The molecule has 120 valence electrons. The van der Waals surface area contributed by atoms with E-state index in [0.29, 0.717) is 0 Å². The molecule has 0 aromatic heterocycles. The van der Waals surface area contributed by atoms with Crippen molar-refractivity contribution >= 4 is 11.4 Å². The van der Waals surface area contributed by atoms with Crippen LogP contribution in [-0.4, -0.2) is 56.4 Å². The largest absolute Gasteiger partial charge is 0.454 e. The number of nitro groups is 2. The molecule has 0 saturated carbocycles. The molecular weight excluding hydrogens is 304 g/mol. The Hall–Kier alpha value is -2.34. The van der Waals surface area contributed by atoms with Crippen molar-refractivity contribution in [2.45, 2.75) is 24.6 Å². The van der Waals surface area contributed by atoms with Crippen molar-refractivity contribution in [2.24, 2.45) is 0 Å². The first-order valence-corrected chi connectivity index (χ1v) is 6.07. The molecule has 0 bridgehead atoms. The van der Waals surface area contributed by atoms with Crippen LogP contribution in [0.15, 0.2) is 18.2 Å². The zero-order chi connectivity index (χ0) is 16.4. The van der Waals surface area contributed by atoms with Crippen molar-refractivity contribution in [1.82, 2.24) is 0 Å². The van der Waals surface area contributed by atoms with Gasteiger partial charge < -0.3 is 24.8 Å². The Morgan fingerprint density at radius 3 is 2.36 bits per heavy atom. The summed E-state index contributed by atoms with van der Waals surface area (Å²) in [7, 11) is 0. The Morgan fingerprint density at radius 1 is 1.18 bits per heavy atom. The van der Waals surface area contributed by atoms with E-state index in [2.05, 4.69) is 0 Å². The first-order chi connectivity index (χ1) is 10.4. The monoisotopic (exact) mass is 316 g/mol. The number of rotatable bonds is 5. The van der Waals surface area contributed by atoms with E-state index in [4.69, 9.17) is 14.6 Å². The molecule has 1 heterocycles. The fraction of sp³-hybridized carbons (Fsp3) is 0.455. The van der Waals surface area contributed by atoms with Crippen LogP contribution in [0.1, 0.15) is 0 Å². The smallest absolute Gasteiger partial charge is 0.387 e. The lowest BCUT2D eigenvalue weighted by Gasteiger charge is -2.16. The Kier molecular flexibility index (Phi) is 4.51. The quantitative estimate of drug-likeness (QED) is 0.471. The van der Waals surface area contributed by atoms with Gasteiger partial charge in [-0.15, -0.1) is 0 Å². The topological polar surface area (TPSA) is 165 Å². The average molecular weight is 316 g/mol. The highest BCUT2D eigenvalue weighted by atomic mass is 16.7. The maximum Gasteiger partial charge on any atom is 0.387 e. The molecule has 11 nitrogen and oxygen atoms in total. The number of hydrogen-bond acceptors (Lipinski definition) is 9. The summed E-state index contributed by atoms with van der Waals surface area (Å²) in [5.74, 6) is -0.492. The molecule has 1 saturated heterocycles. The summed E-state index contributed by atoms with van der Waals surface area (Å²) >= 11 is 0. The number of nitro benzene ring substituents is 2. The lowest BCUT2D eigenvalue weighted by molar-refractivity contribution is -0.423. The van der Waals surface area contributed by atoms with Crippen molar-refractivity contribution in [3.63, 3.8) is 0 Å². The first kappa shape index (κ1) is 16.0. The molecule has 11 heteroatoms. The van der Waals surface area contributed by atoms with Crippen LogP contribution in [-0.2, 0) is 4.74 Å². The van der Waals surface area contributed by atoms with E-state index in [-0.39, 0.29) is 0 Å². The Bertz CT molecular complexity index is 593. The highest BCUT2D eigenvalue weighted by Gasteiger charge is 2.45. The van der Waals surface area contributed by atoms with E-state index in [1.54, 1.807) is 0 Å². The summed E-state index contributed by atoms with van der Waals surface area (Å²) in [5, 5.41) is 50.1. The molecule has 0 radical (unpaired) electrons. The van der Waals surface area contributed by atoms with Crippen molar-refractivity contribution in [3.8, 4) is 5.75 Å². The van der Waals surface area contributed by atoms with Crippen LogP contribution in [0.4, 0.5) is 11.4 Å². The van der Waals surface area contributed by atoms with Gasteiger partial charge in [-0.3, -0.25) is 20.2 Å². The summed E-state index contributed by atoms with van der Waals surface area (Å²) in [6.07, 6.45) is -5.66. The van der Waals surface area contributed by atoms with Gasteiger partial charge in [0.05, 0.1) is 16.5 Å². The number of aliphatic hydroxyl groups excluding tert-OH is 3. The van der Waals surface area contributed by atoms with Crippen molar-refractivity contribution in [2.75, 3.05) is 6.61 Å². The van der Waals surface area contributed by atoms with Crippen LogP contribution in [0.25, 0.3) is 0 Å².